The maximum atomic E-state index is 12.8. The van der Waals surface area contributed by atoms with Crippen LogP contribution in [0.3, 0.4) is 0 Å². The zero-order chi connectivity index (χ0) is 12.2. The molecule has 0 unspecified atom stereocenters. The highest BCUT2D eigenvalue weighted by atomic mass is 35.5. The Morgan fingerprint density at radius 2 is 2.24 bits per heavy atom. The highest BCUT2D eigenvalue weighted by Gasteiger charge is 2.27. The summed E-state index contributed by atoms with van der Waals surface area (Å²) in [6.45, 7) is 0.426. The minimum absolute atomic E-state index is 0. The molecule has 7 heteroatoms. The molecule has 98 valence electrons. The van der Waals surface area contributed by atoms with E-state index in [1.54, 1.807) is 5.38 Å². The van der Waals surface area contributed by atoms with E-state index in [1.165, 1.54) is 11.3 Å². The van der Waals surface area contributed by atoms with Crippen LogP contribution < -0.4 is 11.1 Å². The van der Waals surface area contributed by atoms with Gasteiger partial charge in [-0.2, -0.15) is 0 Å². The van der Waals surface area contributed by atoms with Crippen LogP contribution in [0, 0.1) is 0 Å². The molecule has 0 bridgehead atoms. The minimum Gasteiger partial charge on any atom is -0.345 e. The van der Waals surface area contributed by atoms with E-state index in [9.17, 15) is 13.6 Å². The molecule has 0 aliphatic carbocycles. The molecule has 0 atom stereocenters. The number of thiophene rings is 1. The van der Waals surface area contributed by atoms with E-state index in [0.717, 1.165) is 5.56 Å². The summed E-state index contributed by atoms with van der Waals surface area (Å²) < 4.78 is 25.6. The predicted molar refractivity (Wildman–Crippen MR) is 67.3 cm³/mol. The van der Waals surface area contributed by atoms with Gasteiger partial charge in [-0.1, -0.05) is 6.92 Å². The highest BCUT2D eigenvalue weighted by Crippen LogP contribution is 2.17. The van der Waals surface area contributed by atoms with Gasteiger partial charge in [0, 0.05) is 0 Å². The molecule has 17 heavy (non-hydrogen) atoms. The van der Waals surface area contributed by atoms with E-state index < -0.39 is 24.9 Å². The number of alkyl halides is 2. The van der Waals surface area contributed by atoms with Gasteiger partial charge in [0.2, 0.25) is 0 Å². The van der Waals surface area contributed by atoms with Gasteiger partial charge >= 0.3 is 0 Å². The quantitative estimate of drug-likeness (QED) is 0.869. The number of aryl methyl sites for hydroxylation is 1. The van der Waals surface area contributed by atoms with Crippen molar-refractivity contribution in [3.05, 3.63) is 21.9 Å². The van der Waals surface area contributed by atoms with Crippen LogP contribution in [0.5, 0.6) is 0 Å². The first-order valence-corrected chi connectivity index (χ1v) is 5.80. The second-order valence-electron chi connectivity index (χ2n) is 3.37. The monoisotopic (exact) mass is 284 g/mol. The molecule has 3 nitrogen and oxygen atoms in total. The van der Waals surface area contributed by atoms with Gasteiger partial charge in [-0.15, -0.1) is 23.7 Å². The van der Waals surface area contributed by atoms with Crippen molar-refractivity contribution in [2.24, 2.45) is 5.73 Å². The summed E-state index contributed by atoms with van der Waals surface area (Å²) in [6, 6.07) is 1.82. The summed E-state index contributed by atoms with van der Waals surface area (Å²) in [7, 11) is 0. The number of carbonyl (C=O) groups is 1. The Kier molecular flexibility index (Phi) is 6.59. The van der Waals surface area contributed by atoms with Crippen molar-refractivity contribution in [1.82, 2.24) is 5.32 Å². The molecule has 1 aromatic heterocycles. The predicted octanol–water partition coefficient (Wildman–Crippen LogP) is 2.06. The van der Waals surface area contributed by atoms with E-state index in [-0.39, 0.29) is 12.4 Å². The number of hydrogen-bond acceptors (Lipinski definition) is 3. The molecule has 0 saturated carbocycles. The molecule has 0 aromatic carbocycles. The van der Waals surface area contributed by atoms with E-state index >= 15 is 0 Å². The fraction of sp³-hybridized carbons (Fsp3) is 0.500. The van der Waals surface area contributed by atoms with Gasteiger partial charge in [-0.3, -0.25) is 4.79 Å². The summed E-state index contributed by atoms with van der Waals surface area (Å²) in [5.41, 5.74) is 5.74. The Labute approximate surface area is 109 Å². The van der Waals surface area contributed by atoms with Gasteiger partial charge in [-0.25, -0.2) is 8.78 Å². The van der Waals surface area contributed by atoms with Crippen LogP contribution in [0.15, 0.2) is 11.4 Å². The number of halogens is 3. The van der Waals surface area contributed by atoms with Crippen LogP contribution in [0.1, 0.15) is 22.2 Å². The SMILES string of the molecule is CCc1ccsc1C(=O)NCC(F)(F)CN.Cl. The van der Waals surface area contributed by atoms with Crippen LogP contribution in [-0.4, -0.2) is 24.9 Å². The molecule has 1 heterocycles. The molecule has 0 aliphatic heterocycles. The summed E-state index contributed by atoms with van der Waals surface area (Å²) in [6.07, 6.45) is 0.708. The van der Waals surface area contributed by atoms with Gasteiger partial charge in [0.15, 0.2) is 0 Å². The van der Waals surface area contributed by atoms with Gasteiger partial charge in [0.1, 0.15) is 0 Å². The average Bonchev–Trinajstić information content (AvgIpc) is 2.74. The molecule has 1 rings (SSSR count). The van der Waals surface area contributed by atoms with Crippen LogP contribution >= 0.6 is 23.7 Å². The molecule has 3 N–H and O–H groups in total. The van der Waals surface area contributed by atoms with E-state index in [2.05, 4.69) is 5.32 Å². The van der Waals surface area contributed by atoms with E-state index in [4.69, 9.17) is 5.73 Å². The first-order chi connectivity index (χ1) is 7.50. The zero-order valence-corrected chi connectivity index (χ0v) is 11.0. The second-order valence-corrected chi connectivity index (χ2v) is 4.29. The van der Waals surface area contributed by atoms with Crippen molar-refractivity contribution in [1.29, 1.82) is 0 Å². The van der Waals surface area contributed by atoms with Crippen LogP contribution in [-0.2, 0) is 6.42 Å². The largest absolute Gasteiger partial charge is 0.345 e. The maximum absolute atomic E-state index is 12.8. The third-order valence-corrected chi connectivity index (χ3v) is 3.10. The molecule has 1 amide bonds. The molecule has 0 spiro atoms. The normalized spacial score (nSPS) is 10.8. The lowest BCUT2D eigenvalue weighted by Crippen LogP contribution is -2.41. The van der Waals surface area contributed by atoms with Crippen molar-refractivity contribution in [3.8, 4) is 0 Å². The highest BCUT2D eigenvalue weighted by molar-refractivity contribution is 7.12. The third-order valence-electron chi connectivity index (χ3n) is 2.14. The molecule has 1 aromatic rings. The van der Waals surface area contributed by atoms with Crippen molar-refractivity contribution in [3.63, 3.8) is 0 Å². The first-order valence-electron chi connectivity index (χ1n) is 4.92. The van der Waals surface area contributed by atoms with Gasteiger partial charge < -0.3 is 11.1 Å². The Morgan fingerprint density at radius 3 is 2.76 bits per heavy atom. The fourth-order valence-corrected chi connectivity index (χ4v) is 2.09. The lowest BCUT2D eigenvalue weighted by Gasteiger charge is -2.14. The minimum atomic E-state index is -3.04. The summed E-state index contributed by atoms with van der Waals surface area (Å²) in [5, 5.41) is 3.97. The molecular formula is C10H15ClF2N2OS. The Hall–Kier alpha value is -0.720. The van der Waals surface area contributed by atoms with Crippen molar-refractivity contribution >= 4 is 29.7 Å². The number of hydrogen-bond donors (Lipinski definition) is 2. The topological polar surface area (TPSA) is 55.1 Å². The summed E-state index contributed by atoms with van der Waals surface area (Å²) >= 11 is 1.25. The van der Waals surface area contributed by atoms with Crippen molar-refractivity contribution < 1.29 is 13.6 Å². The third kappa shape index (κ3) is 4.57. The maximum Gasteiger partial charge on any atom is 0.277 e. The molecular weight excluding hydrogens is 270 g/mol. The lowest BCUT2D eigenvalue weighted by molar-refractivity contribution is 0.0119. The lowest BCUT2D eigenvalue weighted by atomic mass is 10.2. The smallest absolute Gasteiger partial charge is 0.277 e. The fourth-order valence-electron chi connectivity index (χ4n) is 1.18. The Balaban J connectivity index is 0.00000256. The standard InChI is InChI=1S/C10H14F2N2OS.ClH/c1-2-7-3-4-16-8(7)9(15)14-6-10(11,12)5-13;/h3-4H,2,5-6,13H2,1H3,(H,14,15);1H. The van der Waals surface area contributed by atoms with Crippen LogP contribution in [0.2, 0.25) is 0 Å². The Morgan fingerprint density at radius 1 is 1.59 bits per heavy atom. The van der Waals surface area contributed by atoms with Gasteiger partial charge in [0.05, 0.1) is 18.0 Å². The second kappa shape index (κ2) is 6.88. The molecule has 0 radical (unpaired) electrons. The van der Waals surface area contributed by atoms with Crippen molar-refractivity contribution in [2.45, 2.75) is 19.3 Å². The number of nitrogens with two attached hydrogens (primary N) is 1. The van der Waals surface area contributed by atoms with E-state index in [1.807, 2.05) is 13.0 Å². The van der Waals surface area contributed by atoms with E-state index in [0.29, 0.717) is 11.3 Å². The number of rotatable bonds is 5. The first kappa shape index (κ1) is 16.3. The molecule has 0 aliphatic rings. The average molecular weight is 285 g/mol. The summed E-state index contributed by atoms with van der Waals surface area (Å²) in [4.78, 5) is 12.1. The molecule has 0 saturated heterocycles. The van der Waals surface area contributed by atoms with Crippen LogP contribution in [0.25, 0.3) is 0 Å². The molecule has 0 fully saturated rings. The van der Waals surface area contributed by atoms with Gasteiger partial charge in [-0.05, 0) is 23.4 Å². The number of nitrogens with one attached hydrogen (secondary N) is 1. The zero-order valence-electron chi connectivity index (χ0n) is 9.33. The number of amides is 1. The summed E-state index contributed by atoms with van der Waals surface area (Å²) in [5.74, 6) is -3.50. The Bertz CT molecular complexity index is 371. The van der Waals surface area contributed by atoms with Crippen molar-refractivity contribution in [2.75, 3.05) is 13.1 Å². The van der Waals surface area contributed by atoms with Gasteiger partial charge in [0.25, 0.3) is 11.8 Å². The van der Waals surface area contributed by atoms with Crippen LogP contribution in [0.4, 0.5) is 8.78 Å². The number of carbonyl (C=O) groups excluding carboxylic acids is 1.